The number of hydrogen-bond acceptors (Lipinski definition) is 6. The van der Waals surface area contributed by atoms with E-state index < -0.39 is 11.7 Å². The number of ether oxygens (including phenoxy) is 2. The van der Waals surface area contributed by atoms with Gasteiger partial charge in [-0.1, -0.05) is 43.3 Å². The Morgan fingerprint density at radius 2 is 1.84 bits per heavy atom. The van der Waals surface area contributed by atoms with Gasteiger partial charge in [0.25, 0.3) is 0 Å². The molecule has 1 aromatic carbocycles. The van der Waals surface area contributed by atoms with Gasteiger partial charge >= 0.3 is 0 Å². The fraction of sp³-hybridized carbons (Fsp3) is 0.333. The third-order valence-corrected chi connectivity index (χ3v) is 3.84. The molecule has 0 radical (unpaired) electrons. The smallest absolute Gasteiger partial charge is 0.213 e. The molecular formula is C18H23N3O4. The van der Waals surface area contributed by atoms with E-state index in [4.69, 9.17) is 20.4 Å². The molecule has 1 atom stereocenters. The first-order valence-corrected chi connectivity index (χ1v) is 7.75. The number of methoxy groups -OCH3 is 1. The van der Waals surface area contributed by atoms with Crippen molar-refractivity contribution in [1.82, 2.24) is 4.98 Å². The van der Waals surface area contributed by atoms with Crippen LogP contribution in [0.4, 0.5) is 0 Å². The van der Waals surface area contributed by atoms with Gasteiger partial charge in [-0.3, -0.25) is 0 Å². The van der Waals surface area contributed by atoms with E-state index in [9.17, 15) is 5.11 Å². The van der Waals surface area contributed by atoms with Crippen LogP contribution >= 0.6 is 0 Å². The Kier molecular flexibility index (Phi) is 5.95. The van der Waals surface area contributed by atoms with Crippen LogP contribution in [0.2, 0.25) is 0 Å². The summed E-state index contributed by atoms with van der Waals surface area (Å²) < 4.78 is 10.6. The number of aliphatic hydroxyl groups excluding tert-OH is 1. The van der Waals surface area contributed by atoms with Crippen LogP contribution in [-0.2, 0) is 4.74 Å². The monoisotopic (exact) mass is 345 g/mol. The highest BCUT2D eigenvalue weighted by Gasteiger charge is 2.29. The highest BCUT2D eigenvalue weighted by atomic mass is 16.6. The van der Waals surface area contributed by atoms with Gasteiger partial charge in [-0.25, -0.2) is 4.98 Å². The summed E-state index contributed by atoms with van der Waals surface area (Å²) in [6.07, 6.45) is 0.785. The Morgan fingerprint density at radius 1 is 1.20 bits per heavy atom. The van der Waals surface area contributed by atoms with Gasteiger partial charge < -0.3 is 25.5 Å². The standard InChI is InChI=1S/C18H23N3O4/c1-18(2,17(22)24-3)11-25-15-9-8-14(10-20-15)12-4-6-13(7-5-12)16(19)21-23/h4-10,17,22-23H,11H2,1-3H3,(H2,19,21). The maximum atomic E-state index is 9.78. The Bertz CT molecular complexity index is 712. The van der Waals surface area contributed by atoms with Crippen LogP contribution in [0.15, 0.2) is 47.8 Å². The molecule has 134 valence electrons. The predicted molar refractivity (Wildman–Crippen MR) is 94.5 cm³/mol. The molecule has 1 heterocycles. The number of aliphatic hydroxyl groups is 1. The molecule has 0 amide bonds. The van der Waals surface area contributed by atoms with E-state index in [0.717, 1.165) is 11.1 Å². The minimum absolute atomic E-state index is 0.0642. The van der Waals surface area contributed by atoms with Gasteiger partial charge in [0.2, 0.25) is 5.88 Å². The third kappa shape index (κ3) is 4.68. The molecule has 0 aliphatic carbocycles. The number of nitrogens with two attached hydrogens (primary N) is 1. The van der Waals surface area contributed by atoms with Gasteiger partial charge in [-0.2, -0.15) is 0 Å². The van der Waals surface area contributed by atoms with Crippen molar-refractivity contribution < 1.29 is 19.8 Å². The lowest BCUT2D eigenvalue weighted by Crippen LogP contribution is -2.36. The molecule has 7 nitrogen and oxygen atoms in total. The first-order chi connectivity index (χ1) is 11.9. The lowest BCUT2D eigenvalue weighted by molar-refractivity contribution is -0.155. The van der Waals surface area contributed by atoms with Crippen LogP contribution in [0.3, 0.4) is 0 Å². The van der Waals surface area contributed by atoms with Crippen LogP contribution in [0.25, 0.3) is 11.1 Å². The van der Waals surface area contributed by atoms with Crippen molar-refractivity contribution in [3.63, 3.8) is 0 Å². The molecule has 1 aromatic heterocycles. The largest absolute Gasteiger partial charge is 0.477 e. The highest BCUT2D eigenvalue weighted by Crippen LogP contribution is 2.24. The van der Waals surface area contributed by atoms with Crippen molar-refractivity contribution in [3.05, 3.63) is 48.2 Å². The van der Waals surface area contributed by atoms with Crippen molar-refractivity contribution >= 4 is 5.84 Å². The molecule has 0 fully saturated rings. The van der Waals surface area contributed by atoms with E-state index in [2.05, 4.69) is 10.1 Å². The van der Waals surface area contributed by atoms with Crippen molar-refractivity contribution in [3.8, 4) is 17.0 Å². The zero-order valence-corrected chi connectivity index (χ0v) is 14.5. The quantitative estimate of drug-likeness (QED) is 0.233. The fourth-order valence-corrected chi connectivity index (χ4v) is 2.18. The summed E-state index contributed by atoms with van der Waals surface area (Å²) in [5, 5.41) is 21.4. The molecule has 0 spiro atoms. The van der Waals surface area contributed by atoms with Gasteiger partial charge in [0.15, 0.2) is 12.1 Å². The molecule has 7 heteroatoms. The molecule has 1 unspecified atom stereocenters. The summed E-state index contributed by atoms with van der Waals surface area (Å²) in [6, 6.07) is 10.9. The van der Waals surface area contributed by atoms with Gasteiger partial charge in [0, 0.05) is 35.9 Å². The molecule has 0 bridgehead atoms. The summed E-state index contributed by atoms with van der Waals surface area (Å²) in [5.41, 5.74) is 7.49. The van der Waals surface area contributed by atoms with Gasteiger partial charge in [-0.15, -0.1) is 0 Å². The summed E-state index contributed by atoms with van der Waals surface area (Å²) in [7, 11) is 1.45. The number of hydrogen-bond donors (Lipinski definition) is 3. The molecule has 0 saturated heterocycles. The molecular weight excluding hydrogens is 322 g/mol. The van der Waals surface area contributed by atoms with Crippen LogP contribution < -0.4 is 10.5 Å². The van der Waals surface area contributed by atoms with E-state index >= 15 is 0 Å². The molecule has 2 aromatic rings. The number of nitrogens with zero attached hydrogens (tertiary/aromatic N) is 2. The number of rotatable bonds is 7. The van der Waals surface area contributed by atoms with Crippen LogP contribution in [0.5, 0.6) is 5.88 Å². The Hall–Kier alpha value is -2.64. The van der Waals surface area contributed by atoms with Crippen molar-refractivity contribution in [2.75, 3.05) is 13.7 Å². The lowest BCUT2D eigenvalue weighted by Gasteiger charge is -2.28. The van der Waals surface area contributed by atoms with Crippen LogP contribution in [-0.4, -0.2) is 41.1 Å². The van der Waals surface area contributed by atoms with E-state index in [1.165, 1.54) is 7.11 Å². The molecule has 0 saturated carbocycles. The molecule has 25 heavy (non-hydrogen) atoms. The minimum Gasteiger partial charge on any atom is -0.477 e. The Balaban J connectivity index is 2.05. The number of pyridine rings is 1. The van der Waals surface area contributed by atoms with Gasteiger partial charge in [-0.05, 0) is 11.6 Å². The second-order valence-electron chi connectivity index (χ2n) is 6.31. The van der Waals surface area contributed by atoms with Crippen molar-refractivity contribution in [2.45, 2.75) is 20.1 Å². The number of amidine groups is 1. The molecule has 0 aliphatic heterocycles. The van der Waals surface area contributed by atoms with Crippen LogP contribution in [0.1, 0.15) is 19.4 Å². The van der Waals surface area contributed by atoms with E-state index in [0.29, 0.717) is 11.4 Å². The summed E-state index contributed by atoms with van der Waals surface area (Å²) >= 11 is 0. The average Bonchev–Trinajstić information content (AvgIpc) is 2.65. The van der Waals surface area contributed by atoms with E-state index in [1.807, 2.05) is 32.0 Å². The zero-order valence-electron chi connectivity index (χ0n) is 14.5. The SMILES string of the molecule is COC(O)C(C)(C)COc1ccc(-c2ccc(/C(N)=N\O)cc2)cn1. The maximum absolute atomic E-state index is 9.78. The topological polar surface area (TPSA) is 110 Å². The van der Waals surface area contributed by atoms with E-state index in [-0.39, 0.29) is 12.4 Å². The normalized spacial score (nSPS) is 13.5. The Morgan fingerprint density at radius 3 is 2.36 bits per heavy atom. The average molecular weight is 345 g/mol. The Labute approximate surface area is 146 Å². The molecule has 0 aliphatic rings. The third-order valence-electron chi connectivity index (χ3n) is 3.84. The first-order valence-electron chi connectivity index (χ1n) is 7.75. The van der Waals surface area contributed by atoms with Gasteiger partial charge in [0.1, 0.15) is 0 Å². The number of oxime groups is 1. The van der Waals surface area contributed by atoms with Crippen molar-refractivity contribution in [1.29, 1.82) is 0 Å². The number of benzene rings is 1. The first kappa shape index (κ1) is 18.7. The van der Waals surface area contributed by atoms with Crippen molar-refractivity contribution in [2.24, 2.45) is 16.3 Å². The fourth-order valence-electron chi connectivity index (χ4n) is 2.18. The summed E-state index contributed by atoms with van der Waals surface area (Å²) in [6.45, 7) is 3.96. The predicted octanol–water partition coefficient (Wildman–Crippen LogP) is 2.21. The summed E-state index contributed by atoms with van der Waals surface area (Å²) in [5.74, 6) is 0.530. The van der Waals surface area contributed by atoms with Gasteiger partial charge in [0.05, 0.1) is 6.61 Å². The molecule has 4 N–H and O–H groups in total. The maximum Gasteiger partial charge on any atom is 0.213 e. The van der Waals surface area contributed by atoms with E-state index in [1.54, 1.807) is 24.4 Å². The summed E-state index contributed by atoms with van der Waals surface area (Å²) in [4.78, 5) is 4.28. The highest BCUT2D eigenvalue weighted by molar-refractivity contribution is 5.97. The minimum atomic E-state index is -0.916. The second kappa shape index (κ2) is 7.96. The number of aromatic nitrogens is 1. The molecule has 2 rings (SSSR count). The second-order valence-corrected chi connectivity index (χ2v) is 6.31. The lowest BCUT2D eigenvalue weighted by atomic mass is 9.94. The van der Waals surface area contributed by atoms with Crippen LogP contribution in [0, 0.1) is 5.41 Å². The zero-order chi connectivity index (χ0) is 18.4.